The summed E-state index contributed by atoms with van der Waals surface area (Å²) in [7, 11) is 0. The van der Waals surface area contributed by atoms with Crippen molar-refractivity contribution in [2.75, 3.05) is 0 Å². The molecule has 0 bridgehead atoms. The lowest BCUT2D eigenvalue weighted by Gasteiger charge is -2.30. The van der Waals surface area contributed by atoms with Gasteiger partial charge in [0.2, 0.25) is 0 Å². The molecular weight excluding hydrogens is 340 g/mol. The van der Waals surface area contributed by atoms with E-state index in [9.17, 15) is 13.2 Å². The molecule has 1 aliphatic rings. The van der Waals surface area contributed by atoms with Gasteiger partial charge in [-0.2, -0.15) is 13.2 Å². The Morgan fingerprint density at radius 2 is 1.47 bits per heavy atom. The van der Waals surface area contributed by atoms with Crippen LogP contribution < -0.4 is 0 Å². The van der Waals surface area contributed by atoms with Gasteiger partial charge in [0.05, 0.1) is 5.92 Å². The van der Waals surface area contributed by atoms with E-state index >= 15 is 0 Å². The van der Waals surface area contributed by atoms with Gasteiger partial charge in [0.15, 0.2) is 0 Å². The fourth-order valence-corrected chi connectivity index (χ4v) is 2.85. The van der Waals surface area contributed by atoms with Crippen molar-refractivity contribution in [1.29, 1.82) is 0 Å². The molecule has 1 saturated carbocycles. The zero-order chi connectivity index (χ0) is 12.5. The molecule has 0 aliphatic heterocycles. The second kappa shape index (κ2) is 5.16. The Hall–Kier alpha value is -0.260. The molecule has 0 N–H and O–H groups in total. The van der Waals surface area contributed by atoms with Gasteiger partial charge < -0.3 is 0 Å². The Kier molecular flexibility index (Phi) is 4.00. The van der Waals surface area contributed by atoms with Crippen molar-refractivity contribution in [2.45, 2.75) is 37.8 Å². The van der Waals surface area contributed by atoms with Crippen molar-refractivity contribution in [3.63, 3.8) is 0 Å². The van der Waals surface area contributed by atoms with E-state index in [1.54, 1.807) is 0 Å². The summed E-state index contributed by atoms with van der Waals surface area (Å²) in [5, 5.41) is 0. The van der Waals surface area contributed by atoms with Crippen LogP contribution in [0.5, 0.6) is 0 Å². The molecule has 94 valence electrons. The molecule has 1 aromatic carbocycles. The van der Waals surface area contributed by atoms with Crippen molar-refractivity contribution in [1.82, 2.24) is 0 Å². The number of hydrogen-bond acceptors (Lipinski definition) is 0. The first-order chi connectivity index (χ1) is 7.97. The normalized spacial score (nSPS) is 25.9. The first-order valence-corrected chi connectivity index (χ1v) is 6.87. The summed E-state index contributed by atoms with van der Waals surface area (Å²) in [6.45, 7) is 0. The van der Waals surface area contributed by atoms with E-state index in [1.165, 1.54) is 5.56 Å². The van der Waals surface area contributed by atoms with Crippen LogP contribution in [0, 0.1) is 9.49 Å². The zero-order valence-electron chi connectivity index (χ0n) is 9.30. The predicted octanol–water partition coefficient (Wildman–Crippen LogP) is 5.13. The Morgan fingerprint density at radius 3 is 1.94 bits per heavy atom. The summed E-state index contributed by atoms with van der Waals surface area (Å²) in [6, 6.07) is 8.12. The van der Waals surface area contributed by atoms with Crippen LogP contribution in [0.4, 0.5) is 13.2 Å². The van der Waals surface area contributed by atoms with Crippen molar-refractivity contribution in [2.24, 2.45) is 5.92 Å². The van der Waals surface area contributed by atoms with Crippen LogP contribution in [0.25, 0.3) is 0 Å². The van der Waals surface area contributed by atoms with Crippen LogP contribution in [-0.2, 0) is 0 Å². The zero-order valence-corrected chi connectivity index (χ0v) is 11.5. The molecule has 4 heteroatoms. The summed E-state index contributed by atoms with van der Waals surface area (Å²) in [5.74, 6) is -0.770. The van der Waals surface area contributed by atoms with Crippen LogP contribution in [-0.4, -0.2) is 6.18 Å². The van der Waals surface area contributed by atoms with Gasteiger partial charge in [0.1, 0.15) is 0 Å². The van der Waals surface area contributed by atoms with Gasteiger partial charge in [-0.05, 0) is 71.9 Å². The Morgan fingerprint density at radius 1 is 0.941 bits per heavy atom. The predicted molar refractivity (Wildman–Crippen MR) is 69.9 cm³/mol. The summed E-state index contributed by atoms with van der Waals surface area (Å²) in [6.07, 6.45) is -2.13. The highest BCUT2D eigenvalue weighted by Gasteiger charge is 2.41. The van der Waals surface area contributed by atoms with E-state index in [2.05, 4.69) is 22.6 Å². The van der Waals surface area contributed by atoms with Gasteiger partial charge in [-0.25, -0.2) is 0 Å². The van der Waals surface area contributed by atoms with Crippen LogP contribution in [0.2, 0.25) is 0 Å². The van der Waals surface area contributed by atoms with Gasteiger partial charge in [0, 0.05) is 3.57 Å². The SMILES string of the molecule is FC(F)(F)C1CCC(c2ccc(I)cc2)CC1. The number of benzene rings is 1. The van der Waals surface area contributed by atoms with Crippen LogP contribution >= 0.6 is 22.6 Å². The number of rotatable bonds is 1. The number of halogens is 4. The average molecular weight is 354 g/mol. The second-order valence-electron chi connectivity index (χ2n) is 4.64. The molecule has 1 fully saturated rings. The lowest BCUT2D eigenvalue weighted by Crippen LogP contribution is -2.27. The molecule has 0 heterocycles. The first-order valence-electron chi connectivity index (χ1n) is 5.79. The summed E-state index contributed by atoms with van der Waals surface area (Å²) in [5.41, 5.74) is 1.19. The molecule has 0 saturated heterocycles. The molecule has 17 heavy (non-hydrogen) atoms. The number of hydrogen-bond donors (Lipinski definition) is 0. The minimum absolute atomic E-state index is 0.278. The molecule has 0 spiro atoms. The maximum absolute atomic E-state index is 12.5. The molecule has 2 rings (SSSR count). The van der Waals surface area contributed by atoms with E-state index in [1.807, 2.05) is 24.3 Å². The maximum atomic E-state index is 12.5. The van der Waals surface area contributed by atoms with E-state index in [0.29, 0.717) is 18.8 Å². The molecule has 0 radical (unpaired) electrons. The molecule has 0 amide bonds. The van der Waals surface area contributed by atoms with Gasteiger partial charge >= 0.3 is 6.18 Å². The van der Waals surface area contributed by atoms with Crippen molar-refractivity contribution < 1.29 is 13.2 Å². The van der Waals surface area contributed by atoms with Gasteiger partial charge in [-0.3, -0.25) is 0 Å². The minimum atomic E-state index is -4.00. The molecular formula is C13H14F3I. The monoisotopic (exact) mass is 354 g/mol. The Bertz CT molecular complexity index is 361. The quantitative estimate of drug-likeness (QED) is 0.614. The third kappa shape index (κ3) is 3.36. The Balaban J connectivity index is 1.97. The summed E-state index contributed by atoms with van der Waals surface area (Å²) < 4.78 is 38.7. The molecule has 0 aromatic heterocycles. The molecule has 1 aromatic rings. The number of alkyl halides is 3. The first kappa shape index (κ1) is 13.2. The van der Waals surface area contributed by atoms with E-state index < -0.39 is 12.1 Å². The topological polar surface area (TPSA) is 0 Å². The largest absolute Gasteiger partial charge is 0.391 e. The molecule has 1 aliphatic carbocycles. The van der Waals surface area contributed by atoms with Crippen molar-refractivity contribution in [3.8, 4) is 0 Å². The van der Waals surface area contributed by atoms with E-state index in [0.717, 1.165) is 3.57 Å². The molecule has 0 unspecified atom stereocenters. The minimum Gasteiger partial charge on any atom is -0.171 e. The van der Waals surface area contributed by atoms with Gasteiger partial charge in [0.25, 0.3) is 0 Å². The lowest BCUT2D eigenvalue weighted by molar-refractivity contribution is -0.182. The standard InChI is InChI=1S/C13H14F3I/c14-13(15,16)11-5-1-9(2-6-11)10-3-7-12(17)8-4-10/h3-4,7-9,11H,1-2,5-6H2. The highest BCUT2D eigenvalue weighted by molar-refractivity contribution is 14.1. The van der Waals surface area contributed by atoms with Crippen molar-refractivity contribution in [3.05, 3.63) is 33.4 Å². The average Bonchev–Trinajstić information content (AvgIpc) is 2.29. The van der Waals surface area contributed by atoms with E-state index in [-0.39, 0.29) is 12.8 Å². The second-order valence-corrected chi connectivity index (χ2v) is 5.89. The van der Waals surface area contributed by atoms with E-state index in [4.69, 9.17) is 0 Å². The van der Waals surface area contributed by atoms with Crippen LogP contribution in [0.15, 0.2) is 24.3 Å². The van der Waals surface area contributed by atoms with Gasteiger partial charge in [-0.15, -0.1) is 0 Å². The smallest absolute Gasteiger partial charge is 0.171 e. The third-order valence-electron chi connectivity index (χ3n) is 3.53. The molecule has 0 atom stereocenters. The third-order valence-corrected chi connectivity index (χ3v) is 4.25. The summed E-state index contributed by atoms with van der Waals surface area (Å²) >= 11 is 2.23. The fourth-order valence-electron chi connectivity index (χ4n) is 2.49. The highest BCUT2D eigenvalue weighted by atomic mass is 127. The van der Waals surface area contributed by atoms with Gasteiger partial charge in [-0.1, -0.05) is 12.1 Å². The Labute approximate surface area is 113 Å². The van der Waals surface area contributed by atoms with Crippen molar-refractivity contribution >= 4 is 22.6 Å². The lowest BCUT2D eigenvalue weighted by atomic mass is 9.78. The maximum Gasteiger partial charge on any atom is 0.391 e. The highest BCUT2D eigenvalue weighted by Crippen LogP contribution is 2.42. The fraction of sp³-hybridized carbons (Fsp3) is 0.538. The molecule has 0 nitrogen and oxygen atoms in total. The van der Waals surface area contributed by atoms with Crippen LogP contribution in [0.1, 0.15) is 37.2 Å². The summed E-state index contributed by atoms with van der Waals surface area (Å²) in [4.78, 5) is 0. The van der Waals surface area contributed by atoms with Crippen LogP contribution in [0.3, 0.4) is 0 Å².